The first-order valence-corrected chi connectivity index (χ1v) is 9.83. The van der Waals surface area contributed by atoms with Crippen LogP contribution in [0.4, 0.5) is 27.6 Å². The van der Waals surface area contributed by atoms with Crippen molar-refractivity contribution >= 4 is 17.5 Å². The Bertz CT molecular complexity index is 1140. The van der Waals surface area contributed by atoms with Gasteiger partial charge in [-0.05, 0) is 13.0 Å². The van der Waals surface area contributed by atoms with E-state index < -0.39 is 64.6 Å². The summed E-state index contributed by atoms with van der Waals surface area (Å²) >= 11 is 0. The largest absolute Gasteiger partial charge is 0.618 e. The van der Waals surface area contributed by atoms with Gasteiger partial charge >= 0.3 is 12.1 Å². The van der Waals surface area contributed by atoms with Gasteiger partial charge in [0.2, 0.25) is 5.82 Å². The highest BCUT2D eigenvalue weighted by molar-refractivity contribution is 5.97. The first-order valence-electron chi connectivity index (χ1n) is 9.83. The molecule has 2 heterocycles. The summed E-state index contributed by atoms with van der Waals surface area (Å²) in [6.45, 7) is 1.92. The summed E-state index contributed by atoms with van der Waals surface area (Å²) < 4.78 is 80.2. The number of nitrogens with two attached hydrogens (primary N) is 1. The highest BCUT2D eigenvalue weighted by Crippen LogP contribution is 2.55. The number of pyridine rings is 1. The van der Waals surface area contributed by atoms with Crippen LogP contribution in [0.5, 0.6) is 5.75 Å². The number of aromatic nitrogens is 1. The van der Waals surface area contributed by atoms with Crippen molar-refractivity contribution in [1.82, 2.24) is 0 Å². The SMILES string of the molecule is COc1c([C@@H]2[C@H](C(=O)Nc3cc[n+]([O-])c(C(N)=O)c3)O[C@](C)(C(F)(F)F)[C@H]2C)ccc(F)c1F. The molecular weight excluding hydrogens is 469 g/mol. The van der Waals surface area contributed by atoms with Crippen LogP contribution < -0.4 is 20.5 Å². The second kappa shape index (κ2) is 8.70. The molecule has 1 fully saturated rings. The van der Waals surface area contributed by atoms with Crippen molar-refractivity contribution in [3.63, 3.8) is 0 Å². The average Bonchev–Trinajstić information content (AvgIpc) is 3.03. The van der Waals surface area contributed by atoms with Gasteiger partial charge in [-0.1, -0.05) is 13.0 Å². The van der Waals surface area contributed by atoms with E-state index in [1.54, 1.807) is 0 Å². The van der Waals surface area contributed by atoms with E-state index in [-0.39, 0.29) is 16.0 Å². The van der Waals surface area contributed by atoms with E-state index in [2.05, 4.69) is 5.32 Å². The maximum Gasteiger partial charge on any atom is 0.417 e. The normalized spacial score (nSPS) is 24.6. The van der Waals surface area contributed by atoms with E-state index >= 15 is 0 Å². The zero-order valence-corrected chi connectivity index (χ0v) is 18.1. The lowest BCUT2D eigenvalue weighted by molar-refractivity contribution is -0.607. The molecule has 0 saturated carbocycles. The Morgan fingerprint density at radius 3 is 2.47 bits per heavy atom. The first kappa shape index (κ1) is 25.1. The van der Waals surface area contributed by atoms with Crippen molar-refractivity contribution in [3.8, 4) is 5.75 Å². The van der Waals surface area contributed by atoms with Crippen LogP contribution in [0.1, 0.15) is 35.8 Å². The van der Waals surface area contributed by atoms with E-state index in [1.165, 1.54) is 6.92 Å². The van der Waals surface area contributed by atoms with Gasteiger partial charge in [0.1, 0.15) is 6.10 Å². The van der Waals surface area contributed by atoms with E-state index in [0.29, 0.717) is 6.07 Å². The average molecular weight is 489 g/mol. The van der Waals surface area contributed by atoms with Gasteiger partial charge in [0, 0.05) is 29.5 Å². The Hall–Kier alpha value is -3.48. The Morgan fingerprint density at radius 1 is 1.26 bits per heavy atom. The van der Waals surface area contributed by atoms with Crippen LogP contribution in [0.3, 0.4) is 0 Å². The summed E-state index contributed by atoms with van der Waals surface area (Å²) in [6.07, 6.45) is -5.90. The monoisotopic (exact) mass is 489 g/mol. The van der Waals surface area contributed by atoms with Crippen LogP contribution >= 0.6 is 0 Å². The number of hydrogen-bond donors (Lipinski definition) is 2. The van der Waals surface area contributed by atoms with E-state index in [0.717, 1.165) is 38.4 Å². The van der Waals surface area contributed by atoms with E-state index in [4.69, 9.17) is 15.2 Å². The predicted molar refractivity (Wildman–Crippen MR) is 107 cm³/mol. The van der Waals surface area contributed by atoms with E-state index in [1.807, 2.05) is 0 Å². The molecule has 0 bridgehead atoms. The zero-order valence-electron chi connectivity index (χ0n) is 18.1. The van der Waals surface area contributed by atoms with Gasteiger partial charge in [-0.3, -0.25) is 9.59 Å². The number of amides is 2. The Labute approximate surface area is 190 Å². The predicted octanol–water partition coefficient (Wildman–Crippen LogP) is 2.78. The van der Waals surface area contributed by atoms with Crippen LogP contribution in [0.25, 0.3) is 0 Å². The van der Waals surface area contributed by atoms with Gasteiger partial charge in [-0.2, -0.15) is 22.3 Å². The molecule has 1 saturated heterocycles. The van der Waals surface area contributed by atoms with Gasteiger partial charge in [0.15, 0.2) is 23.4 Å². The number of ether oxygens (including phenoxy) is 2. The molecule has 184 valence electrons. The van der Waals surface area contributed by atoms with Crippen molar-refractivity contribution in [2.45, 2.75) is 37.6 Å². The standard InChI is InChI=1S/C21H20F5N3O5/c1-9-14(11-4-5-12(22)15(23)16(11)33-3)17(34-20(9,2)21(24,25)26)19(31)28-10-6-7-29(32)13(8-10)18(27)30/h4-9,14,17H,1-3H3,(H2,27,30)(H,28,31)/t9-,14+,17+,20-/m0/s1. The number of nitrogens with zero attached hydrogens (tertiary/aromatic N) is 1. The smallest absolute Gasteiger partial charge is 0.417 e. The molecule has 1 aromatic heterocycles. The summed E-state index contributed by atoms with van der Waals surface area (Å²) in [6, 6.07) is 3.76. The molecule has 1 aliphatic heterocycles. The lowest BCUT2D eigenvalue weighted by atomic mass is 9.77. The van der Waals surface area contributed by atoms with Gasteiger partial charge in [0.25, 0.3) is 11.6 Å². The highest BCUT2D eigenvalue weighted by Gasteiger charge is 2.65. The quantitative estimate of drug-likeness (QED) is 0.381. The number of alkyl halides is 3. The molecule has 2 aromatic rings. The maximum atomic E-state index is 14.4. The summed E-state index contributed by atoms with van der Waals surface area (Å²) in [4.78, 5) is 24.4. The molecule has 13 heteroatoms. The zero-order chi connectivity index (χ0) is 25.6. The number of carbonyl (C=O) groups is 2. The second-order valence-corrected chi connectivity index (χ2v) is 7.92. The molecule has 3 rings (SSSR count). The number of primary amides is 1. The second-order valence-electron chi connectivity index (χ2n) is 7.92. The Kier molecular flexibility index (Phi) is 6.44. The molecule has 0 unspecified atom stereocenters. The van der Waals surface area contributed by atoms with Gasteiger partial charge < -0.3 is 25.7 Å². The number of benzene rings is 1. The number of carbonyl (C=O) groups excluding carboxylic acids is 2. The molecule has 34 heavy (non-hydrogen) atoms. The third-order valence-electron chi connectivity index (χ3n) is 6.01. The van der Waals surface area contributed by atoms with Crippen molar-refractivity contribution in [3.05, 3.63) is 58.6 Å². The number of rotatable bonds is 5. The van der Waals surface area contributed by atoms with Gasteiger partial charge in [-0.25, -0.2) is 4.39 Å². The summed E-state index contributed by atoms with van der Waals surface area (Å²) in [5.41, 5.74) is 1.40. The molecule has 1 aromatic carbocycles. The number of nitrogens with one attached hydrogen (secondary N) is 1. The minimum absolute atomic E-state index is 0.126. The first-order chi connectivity index (χ1) is 15.7. The summed E-state index contributed by atoms with van der Waals surface area (Å²) in [5.74, 6) is -8.43. The number of hydrogen-bond acceptors (Lipinski definition) is 5. The number of methoxy groups -OCH3 is 1. The summed E-state index contributed by atoms with van der Waals surface area (Å²) in [7, 11) is 1.01. The Morgan fingerprint density at radius 2 is 1.91 bits per heavy atom. The molecule has 8 nitrogen and oxygen atoms in total. The minimum atomic E-state index is -4.93. The molecular formula is C21H20F5N3O5. The molecule has 3 N–H and O–H groups in total. The third-order valence-corrected chi connectivity index (χ3v) is 6.01. The highest BCUT2D eigenvalue weighted by atomic mass is 19.4. The molecule has 0 radical (unpaired) electrons. The molecule has 4 atom stereocenters. The summed E-state index contributed by atoms with van der Waals surface area (Å²) in [5, 5.41) is 13.9. The third kappa shape index (κ3) is 4.11. The van der Waals surface area contributed by atoms with Gasteiger partial charge in [0.05, 0.1) is 12.8 Å². The van der Waals surface area contributed by atoms with Crippen LogP contribution in [0, 0.1) is 22.8 Å². The fraction of sp³-hybridized carbons (Fsp3) is 0.381. The maximum absolute atomic E-state index is 14.4. The van der Waals surface area contributed by atoms with Crippen LogP contribution in [-0.4, -0.2) is 36.8 Å². The van der Waals surface area contributed by atoms with Crippen LogP contribution in [0.15, 0.2) is 30.5 Å². The number of anilines is 1. The van der Waals surface area contributed by atoms with Crippen LogP contribution in [0.2, 0.25) is 0 Å². The van der Waals surface area contributed by atoms with Crippen molar-refractivity contribution in [2.75, 3.05) is 12.4 Å². The molecule has 0 aliphatic carbocycles. The van der Waals surface area contributed by atoms with Crippen molar-refractivity contribution in [2.24, 2.45) is 11.7 Å². The lowest BCUT2D eigenvalue weighted by Crippen LogP contribution is -2.47. The van der Waals surface area contributed by atoms with E-state index in [9.17, 15) is 36.7 Å². The van der Waals surface area contributed by atoms with Gasteiger partial charge in [-0.15, -0.1) is 0 Å². The minimum Gasteiger partial charge on any atom is -0.618 e. The lowest BCUT2D eigenvalue weighted by Gasteiger charge is -2.32. The molecule has 0 spiro atoms. The molecule has 1 aliphatic rings. The fourth-order valence-corrected chi connectivity index (χ4v) is 4.00. The van der Waals surface area contributed by atoms with Crippen LogP contribution in [-0.2, 0) is 9.53 Å². The fourth-order valence-electron chi connectivity index (χ4n) is 4.00. The topological polar surface area (TPSA) is 118 Å². The molecule has 2 amide bonds. The van der Waals surface area contributed by atoms with Crippen molar-refractivity contribution in [1.29, 1.82) is 0 Å². The number of halogens is 5. The Balaban J connectivity index is 2.08. The van der Waals surface area contributed by atoms with Crippen molar-refractivity contribution < 1.29 is 45.7 Å².